The van der Waals surface area contributed by atoms with E-state index in [-0.39, 0.29) is 53.8 Å². The van der Waals surface area contributed by atoms with Crippen LogP contribution in [0.15, 0.2) is 24.3 Å². The largest absolute Gasteiger partial charge is 0.481 e. The maximum absolute atomic E-state index is 14.2. The van der Waals surface area contributed by atoms with Crippen molar-refractivity contribution in [3.05, 3.63) is 57.4 Å². The van der Waals surface area contributed by atoms with Gasteiger partial charge < -0.3 is 14.7 Å². The molecule has 1 saturated carbocycles. The van der Waals surface area contributed by atoms with Crippen molar-refractivity contribution in [2.45, 2.75) is 76.0 Å². The van der Waals surface area contributed by atoms with Crippen molar-refractivity contribution in [1.82, 2.24) is 14.7 Å². The summed E-state index contributed by atoms with van der Waals surface area (Å²) in [4.78, 5) is 41.1. The second kappa shape index (κ2) is 10.5. The van der Waals surface area contributed by atoms with Crippen LogP contribution in [0.3, 0.4) is 0 Å². The Hall–Kier alpha value is -3.18. The molecule has 1 aromatic heterocycles. The Kier molecular flexibility index (Phi) is 7.27. The number of halogens is 4. The Balaban J connectivity index is 1.42. The Morgan fingerprint density at radius 2 is 1.86 bits per heavy atom. The summed E-state index contributed by atoms with van der Waals surface area (Å²) in [5.41, 5.74) is -0.853. The van der Waals surface area contributed by atoms with Crippen LogP contribution in [0.5, 0.6) is 0 Å². The topological polar surface area (TPSA) is 102 Å². The van der Waals surface area contributed by atoms with Gasteiger partial charge in [0.2, 0.25) is 5.91 Å². The Labute approximate surface area is 251 Å². The van der Waals surface area contributed by atoms with Crippen molar-refractivity contribution in [3.63, 3.8) is 0 Å². The number of aliphatic carboxylic acids is 1. The summed E-state index contributed by atoms with van der Waals surface area (Å²) in [5.74, 6) is -2.13. The molecule has 12 heteroatoms. The summed E-state index contributed by atoms with van der Waals surface area (Å²) >= 11 is 6.46. The van der Waals surface area contributed by atoms with Gasteiger partial charge in [-0.05, 0) is 69.1 Å². The van der Waals surface area contributed by atoms with Gasteiger partial charge in [0.05, 0.1) is 38.9 Å². The highest BCUT2D eigenvalue weighted by Gasteiger charge is 2.65. The number of hydrogen-bond acceptors (Lipinski definition) is 5. The van der Waals surface area contributed by atoms with E-state index in [2.05, 4.69) is 0 Å². The van der Waals surface area contributed by atoms with E-state index in [1.807, 2.05) is 6.08 Å². The number of carbonyl (C=O) groups excluding carboxylic acids is 2. The molecule has 2 atom stereocenters. The first-order valence-electron chi connectivity index (χ1n) is 14.6. The zero-order valence-electron chi connectivity index (χ0n) is 24.0. The molecule has 43 heavy (non-hydrogen) atoms. The Morgan fingerprint density at radius 1 is 1.14 bits per heavy atom. The molecule has 2 unspecified atom stereocenters. The minimum Gasteiger partial charge on any atom is -0.481 e. The van der Waals surface area contributed by atoms with Crippen LogP contribution in [-0.4, -0.2) is 70.1 Å². The molecule has 8 nitrogen and oxygen atoms in total. The summed E-state index contributed by atoms with van der Waals surface area (Å²) in [6.45, 7) is 2.66. The molecule has 2 aromatic rings. The van der Waals surface area contributed by atoms with Crippen molar-refractivity contribution < 1.29 is 37.4 Å². The molecule has 1 N–H and O–H groups in total. The molecule has 1 saturated heterocycles. The van der Waals surface area contributed by atoms with Gasteiger partial charge in [-0.1, -0.05) is 29.8 Å². The number of carbonyl (C=O) groups is 3. The third-order valence-electron chi connectivity index (χ3n) is 9.91. The van der Waals surface area contributed by atoms with Crippen LogP contribution in [0.4, 0.5) is 13.2 Å². The maximum Gasteiger partial charge on any atom is 0.398 e. The predicted molar refractivity (Wildman–Crippen MR) is 151 cm³/mol. The fourth-order valence-corrected chi connectivity index (χ4v) is 6.98. The first-order chi connectivity index (χ1) is 20.3. The van der Waals surface area contributed by atoms with Crippen LogP contribution in [-0.2, 0) is 32.6 Å². The van der Waals surface area contributed by atoms with Crippen molar-refractivity contribution >= 4 is 35.0 Å². The summed E-state index contributed by atoms with van der Waals surface area (Å²) in [6, 6.07) is 4.14. The molecule has 1 aliphatic heterocycles. The van der Waals surface area contributed by atoms with E-state index in [9.17, 15) is 32.7 Å². The average molecular weight is 620 g/mol. The highest BCUT2D eigenvalue weighted by Crippen LogP contribution is 2.60. The molecular weight excluding hydrogens is 587 g/mol. The number of hydrogen-bond donors (Lipinski definition) is 1. The number of allylic oxidation sites excluding steroid dienone is 2. The highest BCUT2D eigenvalue weighted by molar-refractivity contribution is 6.34. The molecule has 3 aliphatic carbocycles. The molecule has 0 bridgehead atoms. The van der Waals surface area contributed by atoms with Gasteiger partial charge in [-0.15, -0.1) is 0 Å². The van der Waals surface area contributed by atoms with E-state index in [1.54, 1.807) is 18.9 Å². The van der Waals surface area contributed by atoms with Crippen LogP contribution in [0.25, 0.3) is 5.57 Å². The van der Waals surface area contributed by atoms with Crippen molar-refractivity contribution in [2.24, 2.45) is 11.3 Å². The van der Waals surface area contributed by atoms with Crippen LogP contribution in [0.1, 0.15) is 78.3 Å². The second-order valence-electron chi connectivity index (χ2n) is 12.6. The molecule has 0 spiro atoms. The number of carboxylic acid groups (broad SMARTS) is 1. The van der Waals surface area contributed by atoms with Crippen LogP contribution < -0.4 is 0 Å². The highest BCUT2D eigenvalue weighted by atomic mass is 35.5. The number of fused-ring (bicyclic) bond motifs is 1. The number of aromatic nitrogens is 2. The molecule has 6 rings (SSSR count). The van der Waals surface area contributed by atoms with Gasteiger partial charge in [0, 0.05) is 38.1 Å². The first-order valence-corrected chi connectivity index (χ1v) is 14.9. The molecule has 0 radical (unpaired) electrons. The average Bonchev–Trinajstić information content (AvgIpc) is 3.68. The monoisotopic (exact) mass is 619 g/mol. The van der Waals surface area contributed by atoms with Gasteiger partial charge in [-0.2, -0.15) is 23.0 Å². The van der Waals surface area contributed by atoms with Crippen molar-refractivity contribution in [1.29, 1.82) is 0 Å². The summed E-state index contributed by atoms with van der Waals surface area (Å²) in [7, 11) is 1.59. The molecular formula is C31H33ClF3N3O5. The van der Waals surface area contributed by atoms with E-state index < -0.39 is 34.8 Å². The SMILES string of the molecule is COC1CN(C(=O)C2CCc3c(C4=CCC(C)(C(=O)O)CC4)nn(C(=O)c4c(Cl)cccc4C4(C(F)(F)F)CC4)c3C2)C1. The zero-order valence-corrected chi connectivity index (χ0v) is 24.7. The number of nitrogens with zero attached hydrogens (tertiary/aromatic N) is 3. The Bertz CT molecular complexity index is 1540. The maximum atomic E-state index is 14.2. The molecule has 230 valence electrons. The minimum absolute atomic E-state index is 0.0152. The van der Waals surface area contributed by atoms with Gasteiger partial charge in [-0.25, -0.2) is 0 Å². The third-order valence-corrected chi connectivity index (χ3v) is 10.2. The number of benzene rings is 1. The van der Waals surface area contributed by atoms with E-state index in [4.69, 9.17) is 21.4 Å². The predicted octanol–water partition coefficient (Wildman–Crippen LogP) is 5.44. The lowest BCUT2D eigenvalue weighted by molar-refractivity contribution is -0.160. The third kappa shape index (κ3) is 4.88. The van der Waals surface area contributed by atoms with Crippen LogP contribution >= 0.6 is 11.6 Å². The molecule has 2 heterocycles. The van der Waals surface area contributed by atoms with Crippen molar-refractivity contribution in [3.8, 4) is 0 Å². The number of methoxy groups -OCH3 is 1. The number of rotatable bonds is 6. The lowest BCUT2D eigenvalue weighted by Gasteiger charge is -2.40. The molecule has 2 fully saturated rings. The summed E-state index contributed by atoms with van der Waals surface area (Å²) in [5, 5.41) is 14.3. The van der Waals surface area contributed by atoms with Crippen LogP contribution in [0.2, 0.25) is 5.02 Å². The lowest BCUT2D eigenvalue weighted by atomic mass is 9.75. The number of likely N-dealkylation sites (tertiary alicyclic amines) is 1. The first kappa shape index (κ1) is 29.9. The Morgan fingerprint density at radius 3 is 2.44 bits per heavy atom. The quantitative estimate of drug-likeness (QED) is 0.462. The second-order valence-corrected chi connectivity index (χ2v) is 13.0. The van der Waals surface area contributed by atoms with E-state index in [0.717, 1.165) is 15.8 Å². The smallest absolute Gasteiger partial charge is 0.398 e. The lowest BCUT2D eigenvalue weighted by Crippen LogP contribution is -2.56. The minimum atomic E-state index is -4.56. The molecule has 4 aliphatic rings. The van der Waals surface area contributed by atoms with Gasteiger partial charge in [0.25, 0.3) is 5.91 Å². The fraction of sp³-hybridized carbons (Fsp3) is 0.548. The van der Waals surface area contributed by atoms with Crippen molar-refractivity contribution in [2.75, 3.05) is 20.2 Å². The number of carboxylic acids is 1. The van der Waals surface area contributed by atoms with Gasteiger partial charge in [0.1, 0.15) is 0 Å². The van der Waals surface area contributed by atoms with Gasteiger partial charge in [-0.3, -0.25) is 14.4 Å². The van der Waals surface area contributed by atoms with Crippen LogP contribution in [0, 0.1) is 11.3 Å². The number of alkyl halides is 3. The van der Waals surface area contributed by atoms with Gasteiger partial charge >= 0.3 is 12.1 Å². The standard InChI is InChI=1S/C31H33ClF3N3O5/c1-29(28(41)42)10-8-17(9-11-29)25-20-7-6-18(26(39)37-15-19(16-37)43-2)14-23(20)38(36-25)27(40)24-21(4-3-5-22(24)32)30(12-13-30)31(33,34)35/h3-5,8,18-19H,6-7,9-16H2,1-2H3,(H,41,42). The molecule has 1 amide bonds. The fourth-order valence-electron chi connectivity index (χ4n) is 6.72. The zero-order chi connectivity index (χ0) is 30.9. The van der Waals surface area contributed by atoms with Gasteiger partial charge in [0.15, 0.2) is 0 Å². The number of amides is 1. The van der Waals surface area contributed by atoms with E-state index in [1.165, 1.54) is 18.2 Å². The van der Waals surface area contributed by atoms with E-state index in [0.29, 0.717) is 50.2 Å². The summed E-state index contributed by atoms with van der Waals surface area (Å²) < 4.78 is 49.1. The normalized spacial score (nSPS) is 25.0. The number of ether oxygens (including phenoxy) is 1. The van der Waals surface area contributed by atoms with E-state index >= 15 is 0 Å². The molecule has 1 aromatic carbocycles. The summed E-state index contributed by atoms with van der Waals surface area (Å²) in [6.07, 6.45) is -0.745.